The zero-order valence-corrected chi connectivity index (χ0v) is 14.8. The summed E-state index contributed by atoms with van der Waals surface area (Å²) in [5, 5.41) is 11.4. The highest BCUT2D eigenvalue weighted by molar-refractivity contribution is 5.81. The van der Waals surface area contributed by atoms with E-state index in [9.17, 15) is 19.5 Å². The fourth-order valence-electron chi connectivity index (χ4n) is 1.78. The molecule has 0 heterocycles. The van der Waals surface area contributed by atoms with Crippen LogP contribution in [0.15, 0.2) is 30.3 Å². The van der Waals surface area contributed by atoms with Crippen LogP contribution in [0.5, 0.6) is 0 Å². The van der Waals surface area contributed by atoms with Crippen LogP contribution in [0.2, 0.25) is 0 Å². The SMILES string of the molecule is CN(CC(NC(=O)OCc1ccccc1)C(=O)O)C(=O)OC(C)(C)C. The lowest BCUT2D eigenvalue weighted by molar-refractivity contribution is -0.139. The summed E-state index contributed by atoms with van der Waals surface area (Å²) in [6, 6.07) is 7.66. The molecule has 0 aliphatic rings. The first-order valence-corrected chi connectivity index (χ1v) is 7.72. The number of nitrogens with one attached hydrogen (secondary N) is 1. The molecule has 0 aliphatic heterocycles. The van der Waals surface area contributed by atoms with Crippen molar-refractivity contribution < 1.29 is 29.0 Å². The van der Waals surface area contributed by atoms with Crippen molar-refractivity contribution in [3.8, 4) is 0 Å². The summed E-state index contributed by atoms with van der Waals surface area (Å²) in [7, 11) is 1.39. The van der Waals surface area contributed by atoms with E-state index in [-0.39, 0.29) is 13.2 Å². The highest BCUT2D eigenvalue weighted by atomic mass is 16.6. The van der Waals surface area contributed by atoms with Crippen molar-refractivity contribution in [1.29, 1.82) is 0 Å². The van der Waals surface area contributed by atoms with E-state index in [2.05, 4.69) is 5.32 Å². The van der Waals surface area contributed by atoms with Gasteiger partial charge in [0, 0.05) is 7.05 Å². The van der Waals surface area contributed by atoms with E-state index in [0.29, 0.717) is 0 Å². The lowest BCUT2D eigenvalue weighted by Gasteiger charge is -2.26. The van der Waals surface area contributed by atoms with Gasteiger partial charge in [-0.05, 0) is 26.3 Å². The molecule has 0 spiro atoms. The number of hydrogen-bond donors (Lipinski definition) is 2. The molecule has 1 rings (SSSR count). The number of carboxylic acid groups (broad SMARTS) is 1. The first-order valence-electron chi connectivity index (χ1n) is 7.72. The van der Waals surface area contributed by atoms with E-state index >= 15 is 0 Å². The van der Waals surface area contributed by atoms with Gasteiger partial charge in [-0.3, -0.25) is 0 Å². The zero-order chi connectivity index (χ0) is 19.0. The van der Waals surface area contributed by atoms with Crippen molar-refractivity contribution in [2.75, 3.05) is 13.6 Å². The largest absolute Gasteiger partial charge is 0.480 e. The number of amides is 2. The molecule has 0 bridgehead atoms. The van der Waals surface area contributed by atoms with E-state index in [4.69, 9.17) is 9.47 Å². The Kier molecular flexibility index (Phi) is 7.22. The van der Waals surface area contributed by atoms with Crippen molar-refractivity contribution in [3.05, 3.63) is 35.9 Å². The van der Waals surface area contributed by atoms with Gasteiger partial charge in [0.25, 0.3) is 0 Å². The van der Waals surface area contributed by atoms with E-state index in [0.717, 1.165) is 10.5 Å². The Morgan fingerprint density at radius 2 is 1.80 bits per heavy atom. The quantitative estimate of drug-likeness (QED) is 0.813. The summed E-state index contributed by atoms with van der Waals surface area (Å²) >= 11 is 0. The second kappa shape index (κ2) is 8.91. The Balaban J connectivity index is 2.54. The van der Waals surface area contributed by atoms with Crippen LogP contribution < -0.4 is 5.32 Å². The highest BCUT2D eigenvalue weighted by Crippen LogP contribution is 2.09. The third-order valence-electron chi connectivity index (χ3n) is 2.96. The molecule has 8 heteroatoms. The summed E-state index contributed by atoms with van der Waals surface area (Å²) < 4.78 is 10.1. The van der Waals surface area contributed by atoms with Crippen LogP contribution in [-0.4, -0.2) is 53.4 Å². The average Bonchev–Trinajstić information content (AvgIpc) is 2.51. The monoisotopic (exact) mass is 352 g/mol. The second-order valence-electron chi connectivity index (χ2n) is 6.46. The standard InChI is InChI=1S/C17H24N2O6/c1-17(2,3)25-16(23)19(4)10-13(14(20)21)18-15(22)24-11-12-8-6-5-7-9-12/h5-9,13H,10-11H2,1-4H3,(H,18,22)(H,20,21). The minimum absolute atomic E-state index is 0.0148. The van der Waals surface area contributed by atoms with Gasteiger partial charge in [-0.2, -0.15) is 0 Å². The lowest BCUT2D eigenvalue weighted by atomic mass is 10.2. The van der Waals surface area contributed by atoms with Gasteiger partial charge in [0.15, 0.2) is 0 Å². The van der Waals surface area contributed by atoms with Gasteiger partial charge in [-0.25, -0.2) is 14.4 Å². The number of rotatable bonds is 6. The van der Waals surface area contributed by atoms with Gasteiger partial charge < -0.3 is 24.8 Å². The molecule has 0 fully saturated rings. The summed E-state index contributed by atoms with van der Waals surface area (Å²) in [5.41, 5.74) is 0.0712. The second-order valence-corrected chi connectivity index (χ2v) is 6.46. The van der Waals surface area contributed by atoms with Crippen molar-refractivity contribution in [2.45, 2.75) is 39.0 Å². The predicted octanol–water partition coefficient (Wildman–Crippen LogP) is 2.23. The molecule has 1 atom stereocenters. The molecule has 0 radical (unpaired) electrons. The fourth-order valence-corrected chi connectivity index (χ4v) is 1.78. The summed E-state index contributed by atoms with van der Waals surface area (Å²) in [6.45, 7) is 4.86. The van der Waals surface area contributed by atoms with Gasteiger partial charge in [-0.1, -0.05) is 30.3 Å². The van der Waals surface area contributed by atoms with Gasteiger partial charge >= 0.3 is 18.2 Å². The zero-order valence-electron chi connectivity index (χ0n) is 14.8. The first kappa shape index (κ1) is 20.3. The number of aliphatic carboxylic acids is 1. The van der Waals surface area contributed by atoms with E-state index < -0.39 is 29.8 Å². The fraction of sp³-hybridized carbons (Fsp3) is 0.471. The number of carbonyl (C=O) groups excluding carboxylic acids is 2. The first-order chi connectivity index (χ1) is 11.6. The maximum Gasteiger partial charge on any atom is 0.410 e. The number of likely N-dealkylation sites (N-methyl/N-ethyl adjacent to an activating group) is 1. The molecule has 1 aromatic rings. The van der Waals surface area contributed by atoms with E-state index in [1.807, 2.05) is 6.07 Å². The maximum atomic E-state index is 11.9. The molecule has 2 amide bonds. The van der Waals surface area contributed by atoms with Crippen molar-refractivity contribution in [2.24, 2.45) is 0 Å². The molecule has 0 saturated heterocycles. The van der Waals surface area contributed by atoms with Crippen LogP contribution in [0.3, 0.4) is 0 Å². The Hall–Kier alpha value is -2.77. The third kappa shape index (κ3) is 8.05. The van der Waals surface area contributed by atoms with Gasteiger partial charge in [0.1, 0.15) is 18.2 Å². The van der Waals surface area contributed by atoms with Crippen LogP contribution in [0.25, 0.3) is 0 Å². The number of benzene rings is 1. The molecule has 0 aliphatic carbocycles. The van der Waals surface area contributed by atoms with E-state index in [1.54, 1.807) is 45.0 Å². The van der Waals surface area contributed by atoms with Crippen LogP contribution >= 0.6 is 0 Å². The molecule has 0 aromatic heterocycles. The summed E-state index contributed by atoms with van der Waals surface area (Å²) in [6.07, 6.45) is -1.56. The summed E-state index contributed by atoms with van der Waals surface area (Å²) in [5.74, 6) is -1.29. The number of carbonyl (C=O) groups is 3. The molecular formula is C17H24N2O6. The van der Waals surface area contributed by atoms with Crippen molar-refractivity contribution in [3.63, 3.8) is 0 Å². The highest BCUT2D eigenvalue weighted by Gasteiger charge is 2.27. The van der Waals surface area contributed by atoms with Crippen LogP contribution in [0.1, 0.15) is 26.3 Å². The Morgan fingerprint density at radius 1 is 1.20 bits per heavy atom. The smallest absolute Gasteiger partial charge is 0.410 e. The number of carboxylic acids is 1. The third-order valence-corrected chi connectivity index (χ3v) is 2.96. The number of nitrogens with zero attached hydrogens (tertiary/aromatic N) is 1. The van der Waals surface area contributed by atoms with Crippen LogP contribution in [0, 0.1) is 0 Å². The van der Waals surface area contributed by atoms with Gasteiger partial charge in [-0.15, -0.1) is 0 Å². The normalized spacial score (nSPS) is 12.0. The molecule has 25 heavy (non-hydrogen) atoms. The van der Waals surface area contributed by atoms with Crippen molar-refractivity contribution in [1.82, 2.24) is 10.2 Å². The van der Waals surface area contributed by atoms with Crippen molar-refractivity contribution >= 4 is 18.2 Å². The Labute approximate surface area is 146 Å². The number of hydrogen-bond acceptors (Lipinski definition) is 5. The van der Waals surface area contributed by atoms with Crippen LogP contribution in [-0.2, 0) is 20.9 Å². The topological polar surface area (TPSA) is 105 Å². The Bertz CT molecular complexity index is 597. The lowest BCUT2D eigenvalue weighted by Crippen LogP contribution is -2.49. The van der Waals surface area contributed by atoms with E-state index in [1.165, 1.54) is 7.05 Å². The molecule has 1 unspecified atom stereocenters. The summed E-state index contributed by atoms with van der Waals surface area (Å²) in [4.78, 5) is 36.0. The predicted molar refractivity (Wildman–Crippen MR) is 90.1 cm³/mol. The number of alkyl carbamates (subject to hydrolysis) is 1. The minimum atomic E-state index is -1.32. The minimum Gasteiger partial charge on any atom is -0.480 e. The van der Waals surface area contributed by atoms with Gasteiger partial charge in [0.2, 0.25) is 0 Å². The Morgan fingerprint density at radius 3 is 2.32 bits per heavy atom. The van der Waals surface area contributed by atoms with Gasteiger partial charge in [0.05, 0.1) is 6.54 Å². The molecule has 1 aromatic carbocycles. The molecule has 2 N–H and O–H groups in total. The number of ether oxygens (including phenoxy) is 2. The maximum absolute atomic E-state index is 11.9. The van der Waals surface area contributed by atoms with Crippen LogP contribution in [0.4, 0.5) is 9.59 Å². The average molecular weight is 352 g/mol. The molecular weight excluding hydrogens is 328 g/mol. The molecule has 138 valence electrons. The molecule has 8 nitrogen and oxygen atoms in total. The molecule has 0 saturated carbocycles.